The lowest BCUT2D eigenvalue weighted by atomic mass is 10.0. The van der Waals surface area contributed by atoms with Crippen LogP contribution < -0.4 is 0 Å². The van der Waals surface area contributed by atoms with E-state index >= 15 is 0 Å². The van der Waals surface area contributed by atoms with Gasteiger partial charge in [0.1, 0.15) is 11.6 Å². The highest BCUT2D eigenvalue weighted by Gasteiger charge is 2.32. The molecule has 27 heavy (non-hydrogen) atoms. The average Bonchev–Trinajstić information content (AvgIpc) is 3.03. The van der Waals surface area contributed by atoms with E-state index < -0.39 is 5.82 Å². The molecule has 2 aromatic carbocycles. The van der Waals surface area contributed by atoms with Gasteiger partial charge in [-0.25, -0.2) is 4.39 Å². The molecule has 2 heterocycles. The lowest BCUT2D eigenvalue weighted by Gasteiger charge is -2.34. The van der Waals surface area contributed by atoms with Crippen molar-refractivity contribution in [2.24, 2.45) is 0 Å². The van der Waals surface area contributed by atoms with Crippen molar-refractivity contribution in [2.45, 2.75) is 25.9 Å². The molecule has 7 heteroatoms. The number of carbonyl (C=O) groups is 1. The van der Waals surface area contributed by atoms with Gasteiger partial charge >= 0.3 is 0 Å². The number of benzene rings is 2. The summed E-state index contributed by atoms with van der Waals surface area (Å²) in [6.45, 7) is 2.67. The molecule has 0 saturated heterocycles. The molecule has 1 aliphatic rings. The molecule has 138 valence electrons. The van der Waals surface area contributed by atoms with Gasteiger partial charge in [-0.3, -0.25) is 4.79 Å². The summed E-state index contributed by atoms with van der Waals surface area (Å²) in [7, 11) is 0. The van der Waals surface area contributed by atoms with Crippen LogP contribution in [-0.2, 0) is 13.0 Å². The van der Waals surface area contributed by atoms with Gasteiger partial charge in [0.05, 0.1) is 18.2 Å². The number of hydrogen-bond donors (Lipinski definition) is 0. The molecular formula is C20H18ClFN4O. The summed E-state index contributed by atoms with van der Waals surface area (Å²) in [5.74, 6) is 0.544. The van der Waals surface area contributed by atoms with Gasteiger partial charge in [-0.1, -0.05) is 41.9 Å². The Bertz CT molecular complexity index is 989. The zero-order valence-corrected chi connectivity index (χ0v) is 15.5. The van der Waals surface area contributed by atoms with E-state index in [1.54, 1.807) is 4.90 Å². The first-order chi connectivity index (χ1) is 13.0. The second-order valence-corrected chi connectivity index (χ2v) is 7.12. The normalized spacial score (nSPS) is 16.3. The number of rotatable bonds is 3. The molecule has 0 aliphatic carbocycles. The summed E-state index contributed by atoms with van der Waals surface area (Å²) in [6, 6.07) is 14.2. The van der Waals surface area contributed by atoms with Gasteiger partial charge in [-0.2, -0.15) is 0 Å². The number of carbonyl (C=O) groups excluding carboxylic acids is 1. The van der Waals surface area contributed by atoms with E-state index in [0.29, 0.717) is 18.9 Å². The van der Waals surface area contributed by atoms with Gasteiger partial charge in [-0.05, 0) is 37.1 Å². The average molecular weight is 385 g/mol. The zero-order valence-electron chi connectivity index (χ0n) is 14.8. The minimum Gasteiger partial charge on any atom is -0.329 e. The Morgan fingerprint density at radius 2 is 2.00 bits per heavy atom. The maximum atomic E-state index is 14.2. The van der Waals surface area contributed by atoms with Crippen molar-refractivity contribution in [3.05, 3.63) is 82.1 Å². The molecule has 1 aromatic heterocycles. The fourth-order valence-electron chi connectivity index (χ4n) is 3.60. The third kappa shape index (κ3) is 3.45. The van der Waals surface area contributed by atoms with Crippen LogP contribution in [0.5, 0.6) is 0 Å². The molecule has 0 saturated carbocycles. The lowest BCUT2D eigenvalue weighted by molar-refractivity contribution is 0.0667. The summed E-state index contributed by atoms with van der Waals surface area (Å²) in [4.78, 5) is 14.6. The largest absolute Gasteiger partial charge is 0.329 e. The van der Waals surface area contributed by atoms with Crippen LogP contribution in [0.15, 0.2) is 48.5 Å². The molecule has 1 aliphatic heterocycles. The third-order valence-corrected chi connectivity index (χ3v) is 5.06. The van der Waals surface area contributed by atoms with E-state index in [2.05, 4.69) is 26.9 Å². The summed E-state index contributed by atoms with van der Waals surface area (Å²) < 4.78 is 16.3. The number of aromatic nitrogens is 3. The van der Waals surface area contributed by atoms with Crippen molar-refractivity contribution in [3.63, 3.8) is 0 Å². The first-order valence-corrected chi connectivity index (χ1v) is 9.09. The topological polar surface area (TPSA) is 51.0 Å². The highest BCUT2D eigenvalue weighted by Crippen LogP contribution is 2.27. The molecule has 4 rings (SSSR count). The van der Waals surface area contributed by atoms with Crippen molar-refractivity contribution in [1.29, 1.82) is 0 Å². The van der Waals surface area contributed by atoms with Crippen molar-refractivity contribution >= 4 is 17.5 Å². The Balaban J connectivity index is 1.65. The fourth-order valence-corrected chi connectivity index (χ4v) is 3.76. The summed E-state index contributed by atoms with van der Waals surface area (Å²) in [5.41, 5.74) is 1.18. The van der Waals surface area contributed by atoms with Gasteiger partial charge in [0, 0.05) is 11.6 Å². The van der Waals surface area contributed by atoms with Crippen LogP contribution >= 0.6 is 11.6 Å². The van der Waals surface area contributed by atoms with Gasteiger partial charge < -0.3 is 9.47 Å². The Labute approximate surface area is 161 Å². The first kappa shape index (κ1) is 17.7. The van der Waals surface area contributed by atoms with E-state index in [1.807, 2.05) is 25.1 Å². The number of aryl methyl sites for hydroxylation is 1. The molecule has 1 atom stereocenters. The summed E-state index contributed by atoms with van der Waals surface area (Å²) in [5, 5.41) is 8.65. The van der Waals surface area contributed by atoms with Crippen molar-refractivity contribution < 1.29 is 9.18 Å². The van der Waals surface area contributed by atoms with Crippen molar-refractivity contribution in [3.8, 4) is 0 Å². The van der Waals surface area contributed by atoms with E-state index in [-0.39, 0.29) is 22.5 Å². The Morgan fingerprint density at radius 1 is 1.22 bits per heavy atom. The van der Waals surface area contributed by atoms with E-state index in [9.17, 15) is 9.18 Å². The minimum atomic E-state index is -0.615. The maximum absolute atomic E-state index is 14.2. The number of nitrogens with zero attached hydrogens (tertiary/aromatic N) is 4. The molecule has 0 spiro atoms. The molecule has 0 N–H and O–H groups in total. The summed E-state index contributed by atoms with van der Waals surface area (Å²) in [6.07, 6.45) is 0.736. The molecule has 0 unspecified atom stereocenters. The number of hydrogen-bond acceptors (Lipinski definition) is 3. The van der Waals surface area contributed by atoms with Gasteiger partial charge in [0.15, 0.2) is 5.82 Å². The van der Waals surface area contributed by atoms with Crippen LogP contribution in [0.25, 0.3) is 0 Å². The molecule has 5 nitrogen and oxygen atoms in total. The van der Waals surface area contributed by atoms with Gasteiger partial charge in [0.2, 0.25) is 0 Å². The molecular weight excluding hydrogens is 367 g/mol. The molecule has 1 amide bonds. The Morgan fingerprint density at radius 3 is 2.74 bits per heavy atom. The van der Waals surface area contributed by atoms with E-state index in [1.165, 1.54) is 12.1 Å². The van der Waals surface area contributed by atoms with Crippen molar-refractivity contribution in [2.75, 3.05) is 6.54 Å². The molecule has 3 aromatic rings. The van der Waals surface area contributed by atoms with Crippen LogP contribution in [0.4, 0.5) is 4.39 Å². The Kier molecular flexibility index (Phi) is 4.66. The third-order valence-electron chi connectivity index (χ3n) is 4.83. The van der Waals surface area contributed by atoms with Crippen LogP contribution in [-0.4, -0.2) is 32.1 Å². The zero-order chi connectivity index (χ0) is 19.0. The highest BCUT2D eigenvalue weighted by molar-refractivity contribution is 6.30. The fraction of sp³-hybridized carbons (Fsp3) is 0.250. The second kappa shape index (κ2) is 7.12. The quantitative estimate of drug-likeness (QED) is 0.689. The number of fused-ring (bicyclic) bond motifs is 1. The van der Waals surface area contributed by atoms with Crippen molar-refractivity contribution in [1.82, 2.24) is 19.7 Å². The lowest BCUT2D eigenvalue weighted by Crippen LogP contribution is -2.42. The Hall–Kier alpha value is -2.73. The first-order valence-electron chi connectivity index (χ1n) is 8.71. The molecule has 0 radical (unpaired) electrons. The predicted molar refractivity (Wildman–Crippen MR) is 100 cm³/mol. The van der Waals surface area contributed by atoms with Gasteiger partial charge in [0.25, 0.3) is 5.91 Å². The standard InChI is InChI=1S/C20H18ClFN4O/c1-13-23-24-19-12-25(20(27)17-8-7-15(21)10-18(17)22)11-16(26(13)19)9-14-5-3-2-4-6-14/h2-8,10,16H,9,11-12H2,1H3/t16-/m1/s1. The van der Waals surface area contributed by atoms with E-state index in [4.69, 9.17) is 11.6 Å². The van der Waals surface area contributed by atoms with E-state index in [0.717, 1.165) is 23.9 Å². The number of amides is 1. The summed E-state index contributed by atoms with van der Waals surface area (Å²) >= 11 is 5.80. The highest BCUT2D eigenvalue weighted by atomic mass is 35.5. The number of halogens is 2. The van der Waals surface area contributed by atoms with Gasteiger partial charge in [-0.15, -0.1) is 10.2 Å². The molecule has 0 fully saturated rings. The monoisotopic (exact) mass is 384 g/mol. The smallest absolute Gasteiger partial charge is 0.257 e. The minimum absolute atomic E-state index is 0.00883. The van der Waals surface area contributed by atoms with Crippen LogP contribution in [0.3, 0.4) is 0 Å². The van der Waals surface area contributed by atoms with Crippen LogP contribution in [0.1, 0.15) is 33.6 Å². The molecule has 0 bridgehead atoms. The van der Waals surface area contributed by atoms with Crippen LogP contribution in [0, 0.1) is 12.7 Å². The van der Waals surface area contributed by atoms with Crippen LogP contribution in [0.2, 0.25) is 5.02 Å². The maximum Gasteiger partial charge on any atom is 0.257 e. The second-order valence-electron chi connectivity index (χ2n) is 6.69. The SMILES string of the molecule is Cc1nnc2n1[C@H](Cc1ccccc1)CN(C(=O)c1ccc(Cl)cc1F)C2. The predicted octanol–water partition coefficient (Wildman–Crippen LogP) is 3.82.